The number of hydrogen-bond donors (Lipinski definition) is 2. The van der Waals surface area contributed by atoms with Crippen LogP contribution in [0.15, 0.2) is 71.3 Å². The second-order valence-electron chi connectivity index (χ2n) is 9.46. The number of nitrogens with zero attached hydrogens (tertiary/aromatic N) is 4. The monoisotopic (exact) mass is 542 g/mol. The topological polar surface area (TPSA) is 105 Å². The van der Waals surface area contributed by atoms with E-state index in [1.54, 1.807) is 43.3 Å². The lowest BCUT2D eigenvalue weighted by molar-refractivity contribution is 0.0991. The number of rotatable bonds is 9. The average Bonchev–Trinajstić information content (AvgIpc) is 3.67. The van der Waals surface area contributed by atoms with Gasteiger partial charge in [0.1, 0.15) is 0 Å². The molecule has 3 aromatic heterocycles. The number of nitrogens with one attached hydrogen (secondary N) is 2. The molecule has 200 valence electrons. The van der Waals surface area contributed by atoms with E-state index in [0.717, 1.165) is 10.4 Å². The first-order chi connectivity index (χ1) is 18.8. The summed E-state index contributed by atoms with van der Waals surface area (Å²) < 4.78 is 7.58. The Morgan fingerprint density at radius 3 is 2.62 bits per heavy atom. The zero-order valence-corrected chi connectivity index (χ0v) is 23.1. The number of oxazole rings is 1. The number of aromatic nitrogens is 3. The van der Waals surface area contributed by atoms with E-state index < -0.39 is 0 Å². The lowest BCUT2D eigenvalue weighted by Crippen LogP contribution is -2.27. The van der Waals surface area contributed by atoms with Crippen LogP contribution in [0.1, 0.15) is 39.8 Å². The number of amides is 2. The predicted molar refractivity (Wildman–Crippen MR) is 155 cm³/mol. The van der Waals surface area contributed by atoms with Crippen molar-refractivity contribution in [1.82, 2.24) is 19.9 Å². The van der Waals surface area contributed by atoms with Gasteiger partial charge < -0.3 is 19.2 Å². The molecule has 0 spiro atoms. The Balaban J connectivity index is 1.43. The van der Waals surface area contributed by atoms with E-state index in [0.29, 0.717) is 58.4 Å². The van der Waals surface area contributed by atoms with Crippen molar-refractivity contribution >= 4 is 45.8 Å². The van der Waals surface area contributed by atoms with E-state index in [9.17, 15) is 9.59 Å². The van der Waals surface area contributed by atoms with Crippen LogP contribution < -0.4 is 15.5 Å². The number of hydrogen-bond acceptors (Lipinski definition) is 7. The van der Waals surface area contributed by atoms with Crippen LogP contribution in [-0.2, 0) is 6.54 Å². The highest BCUT2D eigenvalue weighted by Gasteiger charge is 2.19. The molecule has 9 nitrogen and oxygen atoms in total. The SMILES string of the molecule is Cc1ncc(-c2ccc(C(=O)Nc3nc4cc(N(C)C(=O)c5ccccc5)ccc4n3CCNC(C)C)s2)o1. The molecule has 0 fully saturated rings. The first kappa shape index (κ1) is 26.3. The second kappa shape index (κ2) is 11.2. The second-order valence-corrected chi connectivity index (χ2v) is 10.5. The lowest BCUT2D eigenvalue weighted by atomic mass is 10.2. The number of carbonyl (C=O) groups is 2. The molecule has 0 aliphatic carbocycles. The molecule has 5 aromatic rings. The smallest absolute Gasteiger partial charge is 0.268 e. The van der Waals surface area contributed by atoms with Crippen molar-refractivity contribution in [3.63, 3.8) is 0 Å². The van der Waals surface area contributed by atoms with Gasteiger partial charge in [0.25, 0.3) is 11.8 Å². The normalized spacial score (nSPS) is 11.3. The van der Waals surface area contributed by atoms with Gasteiger partial charge in [0.15, 0.2) is 11.7 Å². The van der Waals surface area contributed by atoms with Crippen LogP contribution in [-0.4, -0.2) is 46.0 Å². The van der Waals surface area contributed by atoms with E-state index >= 15 is 0 Å². The molecule has 2 N–H and O–H groups in total. The number of anilines is 2. The molecular formula is C29H30N6O3S. The zero-order valence-electron chi connectivity index (χ0n) is 22.3. The Bertz CT molecular complexity index is 1620. The minimum absolute atomic E-state index is 0.112. The van der Waals surface area contributed by atoms with Crippen molar-refractivity contribution < 1.29 is 14.0 Å². The summed E-state index contributed by atoms with van der Waals surface area (Å²) in [5.41, 5.74) is 2.87. The summed E-state index contributed by atoms with van der Waals surface area (Å²) in [5.74, 6) is 1.28. The summed E-state index contributed by atoms with van der Waals surface area (Å²) in [7, 11) is 1.74. The first-order valence-corrected chi connectivity index (χ1v) is 13.5. The Kier molecular flexibility index (Phi) is 7.58. The summed E-state index contributed by atoms with van der Waals surface area (Å²) in [6.07, 6.45) is 1.65. The highest BCUT2D eigenvalue weighted by atomic mass is 32.1. The highest BCUT2D eigenvalue weighted by molar-refractivity contribution is 7.17. The summed E-state index contributed by atoms with van der Waals surface area (Å²) in [6, 6.07) is 18.8. The standard InChI is InChI=1S/C29H30N6O3S/c1-18(2)30-14-15-35-23-11-10-21(34(4)28(37)20-8-6-5-7-9-20)16-22(23)32-29(35)33-27(36)26-13-12-25(39-26)24-17-31-19(3)38-24/h5-13,16-18,30H,14-15H2,1-4H3,(H,32,33,36). The van der Waals surface area contributed by atoms with E-state index in [2.05, 4.69) is 29.5 Å². The van der Waals surface area contributed by atoms with Crippen LogP contribution in [0, 0.1) is 6.92 Å². The Hall–Kier alpha value is -4.28. The average molecular weight is 543 g/mol. The molecule has 3 heterocycles. The molecule has 39 heavy (non-hydrogen) atoms. The van der Waals surface area contributed by atoms with E-state index in [-0.39, 0.29) is 11.8 Å². The third-order valence-electron chi connectivity index (χ3n) is 6.25. The first-order valence-electron chi connectivity index (χ1n) is 12.7. The number of thiophene rings is 1. The maximum absolute atomic E-state index is 13.2. The minimum Gasteiger partial charge on any atom is -0.440 e. The molecule has 0 saturated carbocycles. The van der Waals surface area contributed by atoms with Gasteiger partial charge in [-0.1, -0.05) is 32.0 Å². The summed E-state index contributed by atoms with van der Waals surface area (Å²) in [6.45, 7) is 7.27. The van der Waals surface area contributed by atoms with Gasteiger partial charge in [-0.25, -0.2) is 9.97 Å². The summed E-state index contributed by atoms with van der Waals surface area (Å²) in [5, 5.41) is 6.41. The summed E-state index contributed by atoms with van der Waals surface area (Å²) in [4.78, 5) is 38.1. The van der Waals surface area contributed by atoms with Crippen molar-refractivity contribution in [2.24, 2.45) is 0 Å². The van der Waals surface area contributed by atoms with Gasteiger partial charge in [0.2, 0.25) is 5.95 Å². The molecule has 0 unspecified atom stereocenters. The molecule has 0 aliphatic heterocycles. The molecule has 5 rings (SSSR count). The highest BCUT2D eigenvalue weighted by Crippen LogP contribution is 2.30. The van der Waals surface area contributed by atoms with Crippen LogP contribution in [0.2, 0.25) is 0 Å². The van der Waals surface area contributed by atoms with Gasteiger partial charge in [-0.05, 0) is 42.5 Å². The van der Waals surface area contributed by atoms with Gasteiger partial charge in [-0.3, -0.25) is 14.9 Å². The lowest BCUT2D eigenvalue weighted by Gasteiger charge is -2.17. The van der Waals surface area contributed by atoms with Crippen LogP contribution >= 0.6 is 11.3 Å². The Morgan fingerprint density at radius 1 is 1.10 bits per heavy atom. The van der Waals surface area contributed by atoms with Gasteiger partial charge in [-0.2, -0.15) is 0 Å². The van der Waals surface area contributed by atoms with Gasteiger partial charge in [0, 0.05) is 44.4 Å². The van der Waals surface area contributed by atoms with Gasteiger partial charge in [-0.15, -0.1) is 11.3 Å². The quantitative estimate of drug-likeness (QED) is 0.252. The van der Waals surface area contributed by atoms with Crippen LogP contribution in [0.3, 0.4) is 0 Å². The van der Waals surface area contributed by atoms with Crippen molar-refractivity contribution in [2.45, 2.75) is 33.4 Å². The van der Waals surface area contributed by atoms with Crippen molar-refractivity contribution in [1.29, 1.82) is 0 Å². The number of benzene rings is 2. The molecule has 0 radical (unpaired) electrons. The maximum Gasteiger partial charge on any atom is 0.268 e. The van der Waals surface area contributed by atoms with Crippen LogP contribution in [0.4, 0.5) is 11.6 Å². The molecule has 2 aromatic carbocycles. The zero-order chi connectivity index (χ0) is 27.5. The van der Waals surface area contributed by atoms with Crippen LogP contribution in [0.25, 0.3) is 21.7 Å². The Labute approximate surface area is 230 Å². The molecule has 0 atom stereocenters. The largest absolute Gasteiger partial charge is 0.440 e. The predicted octanol–water partition coefficient (Wildman–Crippen LogP) is 5.59. The van der Waals surface area contributed by atoms with E-state index in [1.807, 2.05) is 47.0 Å². The molecule has 10 heteroatoms. The Morgan fingerprint density at radius 2 is 1.90 bits per heavy atom. The van der Waals surface area contributed by atoms with Crippen LogP contribution in [0.5, 0.6) is 0 Å². The number of carbonyl (C=O) groups excluding carboxylic acids is 2. The molecular weight excluding hydrogens is 512 g/mol. The number of imidazole rings is 1. The number of fused-ring (bicyclic) bond motifs is 1. The minimum atomic E-state index is -0.257. The summed E-state index contributed by atoms with van der Waals surface area (Å²) >= 11 is 1.33. The van der Waals surface area contributed by atoms with E-state index in [1.165, 1.54) is 11.3 Å². The maximum atomic E-state index is 13.2. The fraction of sp³-hybridized carbons (Fsp3) is 0.241. The van der Waals surface area contributed by atoms with Crippen molar-refractivity contribution in [2.75, 3.05) is 23.8 Å². The van der Waals surface area contributed by atoms with E-state index in [4.69, 9.17) is 9.40 Å². The molecule has 0 aliphatic rings. The fourth-order valence-electron chi connectivity index (χ4n) is 4.24. The molecule has 2 amide bonds. The molecule has 0 bridgehead atoms. The third-order valence-corrected chi connectivity index (χ3v) is 7.35. The van der Waals surface area contributed by atoms with Gasteiger partial charge in [0.05, 0.1) is 27.0 Å². The van der Waals surface area contributed by atoms with Crippen molar-refractivity contribution in [3.8, 4) is 10.6 Å². The van der Waals surface area contributed by atoms with Crippen molar-refractivity contribution in [3.05, 3.63) is 83.2 Å². The van der Waals surface area contributed by atoms with Gasteiger partial charge >= 0.3 is 0 Å². The molecule has 0 saturated heterocycles. The third kappa shape index (κ3) is 5.76. The fourth-order valence-corrected chi connectivity index (χ4v) is 5.08. The number of aryl methyl sites for hydroxylation is 1.